The molecule has 114 valence electrons. The highest BCUT2D eigenvalue weighted by Crippen LogP contribution is 2.26. The highest BCUT2D eigenvalue weighted by Gasteiger charge is 2.33. The average Bonchev–Trinajstić information content (AvgIpc) is 2.85. The molecule has 0 radical (unpaired) electrons. The minimum atomic E-state index is -3.47. The molecule has 0 atom stereocenters. The summed E-state index contributed by atoms with van der Waals surface area (Å²) in [5, 5.41) is 5.00. The van der Waals surface area contributed by atoms with E-state index >= 15 is 0 Å². The lowest BCUT2D eigenvalue weighted by molar-refractivity contribution is 0.0537. The van der Waals surface area contributed by atoms with E-state index in [0.717, 1.165) is 11.4 Å². The topological polar surface area (TPSA) is 67.4 Å². The molecule has 20 heavy (non-hydrogen) atoms. The minimum Gasteiger partial charge on any atom is -0.381 e. The molecule has 1 aromatic heterocycles. The van der Waals surface area contributed by atoms with Crippen molar-refractivity contribution in [2.75, 3.05) is 19.8 Å². The molecule has 0 aromatic carbocycles. The van der Waals surface area contributed by atoms with Gasteiger partial charge < -0.3 is 10.1 Å². The van der Waals surface area contributed by atoms with Crippen molar-refractivity contribution in [2.24, 2.45) is 0 Å². The normalized spacial score (nSPS) is 19.1. The first kappa shape index (κ1) is 15.9. The first-order chi connectivity index (χ1) is 9.47. The van der Waals surface area contributed by atoms with E-state index in [0.29, 0.717) is 37.5 Å². The van der Waals surface area contributed by atoms with Crippen LogP contribution in [0.3, 0.4) is 0 Å². The molecule has 0 unspecified atom stereocenters. The van der Waals surface area contributed by atoms with Crippen molar-refractivity contribution in [2.45, 2.75) is 43.7 Å². The maximum Gasteiger partial charge on any atom is 0.242 e. The van der Waals surface area contributed by atoms with Gasteiger partial charge in [0.1, 0.15) is 0 Å². The van der Waals surface area contributed by atoms with Crippen molar-refractivity contribution >= 4 is 21.4 Å². The summed E-state index contributed by atoms with van der Waals surface area (Å²) in [5.41, 5.74) is -0.408. The fraction of sp³-hybridized carbons (Fsp3) is 0.692. The Morgan fingerprint density at radius 1 is 1.40 bits per heavy atom. The Kier molecular flexibility index (Phi) is 5.19. The van der Waals surface area contributed by atoms with Gasteiger partial charge in [0.25, 0.3) is 0 Å². The third-order valence-corrected chi connectivity index (χ3v) is 6.28. The van der Waals surface area contributed by atoms with Gasteiger partial charge in [0.2, 0.25) is 10.0 Å². The van der Waals surface area contributed by atoms with Gasteiger partial charge in [0.15, 0.2) is 0 Å². The third-order valence-electron chi connectivity index (χ3n) is 3.51. The average molecular weight is 318 g/mol. The zero-order valence-corrected chi connectivity index (χ0v) is 13.6. The fourth-order valence-electron chi connectivity index (χ4n) is 2.24. The molecule has 2 heterocycles. The summed E-state index contributed by atoms with van der Waals surface area (Å²) in [6, 6.07) is 1.68. The van der Waals surface area contributed by atoms with Crippen molar-refractivity contribution in [3.63, 3.8) is 0 Å². The van der Waals surface area contributed by atoms with Gasteiger partial charge in [-0.05, 0) is 37.8 Å². The highest BCUT2D eigenvalue weighted by molar-refractivity contribution is 7.89. The van der Waals surface area contributed by atoms with Crippen LogP contribution in [0.15, 0.2) is 16.3 Å². The largest absolute Gasteiger partial charge is 0.381 e. The van der Waals surface area contributed by atoms with Crippen LogP contribution in [-0.4, -0.2) is 33.7 Å². The van der Waals surface area contributed by atoms with Gasteiger partial charge in [-0.1, -0.05) is 6.92 Å². The van der Waals surface area contributed by atoms with E-state index < -0.39 is 15.6 Å². The van der Waals surface area contributed by atoms with Gasteiger partial charge >= 0.3 is 0 Å². The van der Waals surface area contributed by atoms with Gasteiger partial charge in [0, 0.05) is 30.2 Å². The van der Waals surface area contributed by atoms with E-state index in [1.54, 1.807) is 6.07 Å². The van der Waals surface area contributed by atoms with Crippen molar-refractivity contribution in [1.29, 1.82) is 0 Å². The van der Waals surface area contributed by atoms with Crippen LogP contribution in [0.5, 0.6) is 0 Å². The molecular weight excluding hydrogens is 296 g/mol. The molecule has 1 saturated heterocycles. The van der Waals surface area contributed by atoms with Gasteiger partial charge in [-0.3, -0.25) is 0 Å². The Morgan fingerprint density at radius 2 is 2.10 bits per heavy atom. The summed E-state index contributed by atoms with van der Waals surface area (Å²) in [5.74, 6) is 0. The molecule has 5 nitrogen and oxygen atoms in total. The molecule has 0 amide bonds. The SMILES string of the molecule is CCNCc1sccc1S(=O)(=O)NC1(C)CCOCC1. The Hall–Kier alpha value is -0.470. The lowest BCUT2D eigenvalue weighted by atomic mass is 9.94. The molecule has 2 N–H and O–H groups in total. The first-order valence-corrected chi connectivity index (χ1v) is 9.22. The molecule has 2 rings (SSSR count). The Balaban J connectivity index is 2.15. The lowest BCUT2D eigenvalue weighted by Crippen LogP contribution is -2.49. The van der Waals surface area contributed by atoms with Crippen LogP contribution in [0, 0.1) is 0 Å². The van der Waals surface area contributed by atoms with Crippen LogP contribution in [0.25, 0.3) is 0 Å². The number of rotatable bonds is 6. The lowest BCUT2D eigenvalue weighted by Gasteiger charge is -2.34. The minimum absolute atomic E-state index is 0.399. The Labute approximate surface area is 124 Å². The van der Waals surface area contributed by atoms with E-state index in [1.165, 1.54) is 11.3 Å². The number of sulfonamides is 1. The number of hydrogen-bond donors (Lipinski definition) is 2. The van der Waals surface area contributed by atoms with Crippen LogP contribution < -0.4 is 10.0 Å². The van der Waals surface area contributed by atoms with E-state index in [9.17, 15) is 8.42 Å². The van der Waals surface area contributed by atoms with Crippen LogP contribution >= 0.6 is 11.3 Å². The zero-order valence-electron chi connectivity index (χ0n) is 11.9. The number of hydrogen-bond acceptors (Lipinski definition) is 5. The van der Waals surface area contributed by atoms with Crippen molar-refractivity contribution in [3.8, 4) is 0 Å². The van der Waals surface area contributed by atoms with Crippen molar-refractivity contribution in [1.82, 2.24) is 10.0 Å². The van der Waals surface area contributed by atoms with Crippen molar-refractivity contribution < 1.29 is 13.2 Å². The highest BCUT2D eigenvalue weighted by atomic mass is 32.2. The number of ether oxygens (including phenoxy) is 1. The van der Waals surface area contributed by atoms with Gasteiger partial charge in [-0.25, -0.2) is 13.1 Å². The monoisotopic (exact) mass is 318 g/mol. The molecule has 0 aliphatic carbocycles. The standard InChI is InChI=1S/C13H22N2O3S2/c1-3-14-10-11-12(4-9-19-11)20(16,17)15-13(2)5-7-18-8-6-13/h4,9,14-15H,3,5-8,10H2,1-2H3. The number of thiophene rings is 1. The summed E-state index contributed by atoms with van der Waals surface area (Å²) in [7, 11) is -3.47. The van der Waals surface area contributed by atoms with Crippen LogP contribution in [0.1, 0.15) is 31.6 Å². The maximum absolute atomic E-state index is 12.6. The third kappa shape index (κ3) is 3.79. The zero-order chi connectivity index (χ0) is 14.6. The summed E-state index contributed by atoms with van der Waals surface area (Å²) >= 11 is 1.47. The Bertz CT molecular complexity index is 534. The summed E-state index contributed by atoms with van der Waals surface area (Å²) < 4.78 is 33.3. The van der Waals surface area contributed by atoms with Crippen molar-refractivity contribution in [3.05, 3.63) is 16.3 Å². The molecule has 0 spiro atoms. The van der Waals surface area contributed by atoms with E-state index in [4.69, 9.17) is 4.74 Å². The molecular formula is C13H22N2O3S2. The quantitative estimate of drug-likeness (QED) is 0.838. The predicted molar refractivity (Wildman–Crippen MR) is 80.5 cm³/mol. The second-order valence-corrected chi connectivity index (χ2v) is 7.92. The van der Waals surface area contributed by atoms with Gasteiger partial charge in [-0.2, -0.15) is 0 Å². The predicted octanol–water partition coefficient (Wildman–Crippen LogP) is 1.70. The molecule has 0 saturated carbocycles. The summed E-state index contributed by atoms with van der Waals surface area (Å²) in [6.45, 7) is 6.57. The van der Waals surface area contributed by atoms with E-state index in [1.807, 2.05) is 19.2 Å². The first-order valence-electron chi connectivity index (χ1n) is 6.86. The second-order valence-electron chi connectivity index (χ2n) is 5.27. The Morgan fingerprint density at radius 3 is 2.75 bits per heavy atom. The van der Waals surface area contributed by atoms with Gasteiger partial charge in [0.05, 0.1) is 4.90 Å². The van der Waals surface area contributed by atoms with Crippen LogP contribution in [-0.2, 0) is 21.3 Å². The molecule has 0 bridgehead atoms. The molecule has 7 heteroatoms. The van der Waals surface area contributed by atoms with Gasteiger partial charge in [-0.15, -0.1) is 11.3 Å². The molecule has 1 fully saturated rings. The summed E-state index contributed by atoms with van der Waals surface area (Å²) in [4.78, 5) is 1.26. The molecule has 1 aliphatic rings. The van der Waals surface area contributed by atoms with Crippen LogP contribution in [0.2, 0.25) is 0 Å². The van der Waals surface area contributed by atoms with Crippen LogP contribution in [0.4, 0.5) is 0 Å². The summed E-state index contributed by atoms with van der Waals surface area (Å²) in [6.07, 6.45) is 1.41. The number of nitrogens with one attached hydrogen (secondary N) is 2. The fourth-order valence-corrected chi connectivity index (χ4v) is 5.12. The maximum atomic E-state index is 12.6. The smallest absolute Gasteiger partial charge is 0.242 e. The van der Waals surface area contributed by atoms with E-state index in [2.05, 4.69) is 10.0 Å². The second kappa shape index (κ2) is 6.53. The molecule has 1 aromatic rings. The molecule has 1 aliphatic heterocycles. The van der Waals surface area contributed by atoms with E-state index in [-0.39, 0.29) is 0 Å².